The summed E-state index contributed by atoms with van der Waals surface area (Å²) < 4.78 is 5.34. The predicted octanol–water partition coefficient (Wildman–Crippen LogP) is 1.06. The average molecular weight is 230 g/mol. The van der Waals surface area contributed by atoms with Gasteiger partial charge in [0.25, 0.3) is 0 Å². The highest BCUT2D eigenvalue weighted by Gasteiger charge is 2.11. The first kappa shape index (κ1) is 12.6. The summed E-state index contributed by atoms with van der Waals surface area (Å²) in [5.74, 6) is 0. The van der Waals surface area contributed by atoms with Crippen molar-refractivity contribution in [2.75, 3.05) is 33.9 Å². The van der Waals surface area contributed by atoms with E-state index in [-0.39, 0.29) is 0 Å². The Kier molecular flexibility index (Phi) is 5.17. The lowest BCUT2D eigenvalue weighted by atomic mass is 10.4. The summed E-state index contributed by atoms with van der Waals surface area (Å²) in [5, 5.41) is 12.4. The number of aryl methyl sites for hydroxylation is 1. The molecule has 1 N–H and O–H groups in total. The maximum atomic E-state index is 9.71. The number of nitrogens with zero attached hydrogens (tertiary/aromatic N) is 2. The lowest BCUT2D eigenvalue weighted by Crippen LogP contribution is -2.19. The van der Waals surface area contributed by atoms with Crippen LogP contribution in [0.2, 0.25) is 0 Å². The number of aromatic nitrogens is 1. The Balaban J connectivity index is 2.21. The first-order valence-corrected chi connectivity index (χ1v) is 5.80. The van der Waals surface area contributed by atoms with E-state index < -0.39 is 6.10 Å². The molecule has 5 heteroatoms. The minimum absolute atomic E-state index is 0.320. The van der Waals surface area contributed by atoms with Crippen molar-refractivity contribution in [3.63, 3.8) is 0 Å². The second-order valence-electron chi connectivity index (χ2n) is 3.72. The molecule has 4 nitrogen and oxygen atoms in total. The van der Waals surface area contributed by atoms with Crippen LogP contribution in [-0.2, 0) is 4.74 Å². The van der Waals surface area contributed by atoms with E-state index >= 15 is 0 Å². The Morgan fingerprint density at radius 2 is 2.33 bits per heavy atom. The van der Waals surface area contributed by atoms with Crippen LogP contribution in [0.15, 0.2) is 5.38 Å². The summed E-state index contributed by atoms with van der Waals surface area (Å²) in [6.07, 6.45) is -0.592. The lowest BCUT2D eigenvalue weighted by molar-refractivity contribution is 0.0305. The maximum Gasteiger partial charge on any atom is 0.129 e. The van der Waals surface area contributed by atoms with Crippen molar-refractivity contribution < 1.29 is 9.84 Å². The fourth-order valence-electron chi connectivity index (χ4n) is 1.04. The van der Waals surface area contributed by atoms with Gasteiger partial charge >= 0.3 is 0 Å². The number of rotatable bonds is 6. The van der Waals surface area contributed by atoms with Crippen molar-refractivity contribution >= 4 is 11.3 Å². The third-order valence-corrected chi connectivity index (χ3v) is 2.94. The van der Waals surface area contributed by atoms with Gasteiger partial charge in [-0.3, -0.25) is 0 Å². The number of thiazole rings is 1. The van der Waals surface area contributed by atoms with Gasteiger partial charge in [-0.05, 0) is 21.0 Å². The maximum absolute atomic E-state index is 9.71. The molecule has 0 saturated heterocycles. The Hall–Kier alpha value is -0.490. The first-order chi connectivity index (χ1) is 7.09. The van der Waals surface area contributed by atoms with Gasteiger partial charge in [-0.25, -0.2) is 4.98 Å². The summed E-state index contributed by atoms with van der Waals surface area (Å²) in [6, 6.07) is 0. The van der Waals surface area contributed by atoms with Crippen LogP contribution in [-0.4, -0.2) is 48.8 Å². The highest BCUT2D eigenvalue weighted by atomic mass is 32.1. The molecular weight excluding hydrogens is 212 g/mol. The fraction of sp³-hybridized carbons (Fsp3) is 0.700. The molecule has 1 aromatic heterocycles. The molecule has 0 aliphatic carbocycles. The highest BCUT2D eigenvalue weighted by Crippen LogP contribution is 2.17. The van der Waals surface area contributed by atoms with Crippen LogP contribution in [0.25, 0.3) is 0 Å². The van der Waals surface area contributed by atoms with Crippen molar-refractivity contribution in [1.82, 2.24) is 9.88 Å². The van der Waals surface area contributed by atoms with Crippen LogP contribution < -0.4 is 0 Å². The molecule has 0 saturated carbocycles. The fourth-order valence-corrected chi connectivity index (χ4v) is 1.80. The van der Waals surface area contributed by atoms with Gasteiger partial charge in [0.05, 0.1) is 13.2 Å². The third-order valence-electron chi connectivity index (χ3n) is 1.88. The molecule has 0 radical (unpaired) electrons. The van der Waals surface area contributed by atoms with E-state index in [4.69, 9.17) is 4.74 Å². The molecule has 1 atom stereocenters. The molecule has 0 fully saturated rings. The summed E-state index contributed by atoms with van der Waals surface area (Å²) in [5.41, 5.74) is 0.947. The van der Waals surface area contributed by atoms with Gasteiger partial charge in [0.1, 0.15) is 11.1 Å². The smallest absolute Gasteiger partial charge is 0.129 e. The van der Waals surface area contributed by atoms with Gasteiger partial charge in [0.15, 0.2) is 0 Å². The molecule has 0 amide bonds. The molecule has 1 aromatic rings. The molecular formula is C10H18N2O2S. The monoisotopic (exact) mass is 230 g/mol. The van der Waals surface area contributed by atoms with Gasteiger partial charge in [-0.2, -0.15) is 0 Å². The van der Waals surface area contributed by atoms with Crippen LogP contribution in [0.3, 0.4) is 0 Å². The number of aliphatic hydroxyl groups excluding tert-OH is 1. The van der Waals surface area contributed by atoms with E-state index in [0.29, 0.717) is 13.2 Å². The van der Waals surface area contributed by atoms with Crippen LogP contribution in [0.1, 0.15) is 16.8 Å². The number of aliphatic hydroxyl groups is 1. The Morgan fingerprint density at radius 3 is 2.87 bits per heavy atom. The minimum atomic E-state index is -0.592. The Bertz CT molecular complexity index is 289. The van der Waals surface area contributed by atoms with Crippen LogP contribution in [0, 0.1) is 6.92 Å². The first-order valence-electron chi connectivity index (χ1n) is 4.92. The predicted molar refractivity (Wildman–Crippen MR) is 61.2 cm³/mol. The molecule has 0 aromatic carbocycles. The van der Waals surface area contributed by atoms with Crippen molar-refractivity contribution in [2.45, 2.75) is 13.0 Å². The van der Waals surface area contributed by atoms with E-state index in [1.165, 1.54) is 11.3 Å². The highest BCUT2D eigenvalue weighted by molar-refractivity contribution is 7.09. The molecule has 0 spiro atoms. The molecule has 15 heavy (non-hydrogen) atoms. The second-order valence-corrected chi connectivity index (χ2v) is 4.61. The molecule has 1 unspecified atom stereocenters. The van der Waals surface area contributed by atoms with Gasteiger partial charge in [0.2, 0.25) is 0 Å². The molecule has 0 aliphatic heterocycles. The lowest BCUT2D eigenvalue weighted by Gasteiger charge is -2.11. The van der Waals surface area contributed by atoms with Gasteiger partial charge in [0, 0.05) is 17.6 Å². The van der Waals surface area contributed by atoms with Crippen LogP contribution in [0.5, 0.6) is 0 Å². The minimum Gasteiger partial charge on any atom is -0.383 e. The Morgan fingerprint density at radius 1 is 1.60 bits per heavy atom. The zero-order valence-corrected chi connectivity index (χ0v) is 10.3. The molecule has 0 aliphatic rings. The summed E-state index contributed by atoms with van der Waals surface area (Å²) in [6.45, 7) is 3.73. The standard InChI is InChI=1S/C10H18N2O2S/c1-8-7-15-10(11-8)9(13)6-14-5-4-12(2)3/h7,9,13H,4-6H2,1-3H3. The number of hydrogen-bond acceptors (Lipinski definition) is 5. The zero-order chi connectivity index (χ0) is 11.3. The van der Waals surface area contributed by atoms with Gasteiger partial charge in [-0.1, -0.05) is 0 Å². The van der Waals surface area contributed by atoms with Crippen LogP contribution >= 0.6 is 11.3 Å². The van der Waals surface area contributed by atoms with E-state index in [9.17, 15) is 5.11 Å². The molecule has 86 valence electrons. The number of likely N-dealkylation sites (N-methyl/N-ethyl adjacent to an activating group) is 1. The van der Waals surface area contributed by atoms with Crippen LogP contribution in [0.4, 0.5) is 0 Å². The molecule has 0 bridgehead atoms. The third kappa shape index (κ3) is 4.70. The zero-order valence-electron chi connectivity index (χ0n) is 9.43. The van der Waals surface area contributed by atoms with Crippen molar-refractivity contribution in [3.8, 4) is 0 Å². The number of hydrogen-bond donors (Lipinski definition) is 1. The Labute approximate surface area is 94.5 Å². The SMILES string of the molecule is Cc1csc(C(O)COCCN(C)C)n1. The second kappa shape index (κ2) is 6.17. The molecule has 1 rings (SSSR count). The summed E-state index contributed by atoms with van der Waals surface area (Å²) in [4.78, 5) is 6.24. The van der Waals surface area contributed by atoms with Crippen molar-refractivity contribution in [1.29, 1.82) is 0 Å². The topological polar surface area (TPSA) is 45.6 Å². The van der Waals surface area contributed by atoms with Crippen molar-refractivity contribution in [3.05, 3.63) is 16.1 Å². The normalized spacial score (nSPS) is 13.4. The van der Waals surface area contributed by atoms with Crippen molar-refractivity contribution in [2.24, 2.45) is 0 Å². The van der Waals surface area contributed by atoms with E-state index in [1.54, 1.807) is 0 Å². The van der Waals surface area contributed by atoms with E-state index in [1.807, 2.05) is 31.3 Å². The van der Waals surface area contributed by atoms with Gasteiger partial charge < -0.3 is 14.7 Å². The largest absolute Gasteiger partial charge is 0.383 e. The quantitative estimate of drug-likeness (QED) is 0.742. The number of ether oxygens (including phenoxy) is 1. The average Bonchev–Trinajstić information content (AvgIpc) is 2.59. The summed E-state index contributed by atoms with van der Waals surface area (Å²) >= 11 is 1.47. The van der Waals surface area contributed by atoms with Gasteiger partial charge in [-0.15, -0.1) is 11.3 Å². The summed E-state index contributed by atoms with van der Waals surface area (Å²) in [7, 11) is 3.98. The van der Waals surface area contributed by atoms with E-state index in [2.05, 4.69) is 4.98 Å². The van der Waals surface area contributed by atoms with E-state index in [0.717, 1.165) is 17.2 Å². The molecule has 1 heterocycles.